The number of ether oxygens (including phenoxy) is 1. The zero-order chi connectivity index (χ0) is 16.1. The Labute approximate surface area is 136 Å². The van der Waals surface area contributed by atoms with Crippen molar-refractivity contribution in [2.75, 3.05) is 39.3 Å². The molecule has 0 bridgehead atoms. The molecule has 0 spiro atoms. The summed E-state index contributed by atoms with van der Waals surface area (Å²) < 4.78 is 5.81. The van der Waals surface area contributed by atoms with Gasteiger partial charge in [-0.3, -0.25) is 14.8 Å². The smallest absolute Gasteiger partial charge is 0.219 e. The number of carbonyl (C=O) groups excluding carboxylic acids is 1. The first-order valence-electron chi connectivity index (χ1n) is 7.93. The third-order valence-electron chi connectivity index (χ3n) is 4.16. The Morgan fingerprint density at radius 1 is 1.17 bits per heavy atom. The summed E-state index contributed by atoms with van der Waals surface area (Å²) in [6.45, 7) is 6.63. The fourth-order valence-electron chi connectivity index (χ4n) is 2.73. The van der Waals surface area contributed by atoms with Gasteiger partial charge in [-0.25, -0.2) is 0 Å². The quantitative estimate of drug-likeness (QED) is 0.911. The van der Waals surface area contributed by atoms with Gasteiger partial charge in [0.05, 0.1) is 5.69 Å². The van der Waals surface area contributed by atoms with Crippen LogP contribution in [0.25, 0.3) is 11.3 Å². The molecule has 0 unspecified atom stereocenters. The molecule has 1 aliphatic heterocycles. The van der Waals surface area contributed by atoms with Crippen molar-refractivity contribution in [2.45, 2.75) is 6.92 Å². The van der Waals surface area contributed by atoms with Gasteiger partial charge in [0, 0.05) is 45.8 Å². The molecule has 6 nitrogen and oxygen atoms in total. The second kappa shape index (κ2) is 7.28. The van der Waals surface area contributed by atoms with Crippen LogP contribution in [0.15, 0.2) is 36.5 Å². The maximum absolute atomic E-state index is 11.3. The average Bonchev–Trinajstić information content (AvgIpc) is 3.10. The number of nitrogens with one attached hydrogen (secondary N) is 1. The van der Waals surface area contributed by atoms with E-state index in [4.69, 9.17) is 4.74 Å². The summed E-state index contributed by atoms with van der Waals surface area (Å²) in [4.78, 5) is 15.5. The van der Waals surface area contributed by atoms with Crippen LogP contribution in [0.4, 0.5) is 0 Å². The van der Waals surface area contributed by atoms with Gasteiger partial charge in [-0.05, 0) is 35.9 Å². The molecule has 0 atom stereocenters. The third kappa shape index (κ3) is 4.10. The number of H-pyrrole nitrogens is 1. The normalized spacial score (nSPS) is 15.6. The van der Waals surface area contributed by atoms with Crippen LogP contribution >= 0.6 is 0 Å². The maximum Gasteiger partial charge on any atom is 0.219 e. The van der Waals surface area contributed by atoms with Crippen molar-refractivity contribution in [1.82, 2.24) is 20.0 Å². The molecular formula is C17H22N4O2. The number of aromatic nitrogens is 2. The van der Waals surface area contributed by atoms with Gasteiger partial charge < -0.3 is 9.64 Å². The molecule has 0 saturated carbocycles. The molecule has 1 N–H and O–H groups in total. The zero-order valence-electron chi connectivity index (χ0n) is 13.4. The zero-order valence-corrected chi connectivity index (χ0v) is 13.4. The molecule has 0 aliphatic carbocycles. The lowest BCUT2D eigenvalue weighted by atomic mass is 10.1. The predicted molar refractivity (Wildman–Crippen MR) is 88.2 cm³/mol. The number of benzene rings is 1. The number of nitrogens with zero attached hydrogens (tertiary/aromatic N) is 3. The SMILES string of the molecule is CC(=O)N1CCN(CCOc2ccc(-c3ccn[nH]3)cc2)CC1. The standard InChI is InChI=1S/C17H22N4O2/c1-14(22)21-10-8-20(9-11-21)12-13-23-16-4-2-15(3-5-16)17-6-7-18-19-17/h2-7H,8-13H2,1H3,(H,18,19). The number of carbonyl (C=O) groups is 1. The van der Waals surface area contributed by atoms with E-state index in [9.17, 15) is 4.79 Å². The van der Waals surface area contributed by atoms with E-state index in [2.05, 4.69) is 15.1 Å². The molecule has 23 heavy (non-hydrogen) atoms. The number of rotatable bonds is 5. The highest BCUT2D eigenvalue weighted by Crippen LogP contribution is 2.20. The van der Waals surface area contributed by atoms with E-state index in [-0.39, 0.29) is 5.91 Å². The van der Waals surface area contributed by atoms with Gasteiger partial charge in [0.25, 0.3) is 0 Å². The summed E-state index contributed by atoms with van der Waals surface area (Å²) >= 11 is 0. The van der Waals surface area contributed by atoms with E-state index in [0.29, 0.717) is 6.61 Å². The van der Waals surface area contributed by atoms with Crippen LogP contribution in [0.2, 0.25) is 0 Å². The second-order valence-corrected chi connectivity index (χ2v) is 5.69. The van der Waals surface area contributed by atoms with E-state index >= 15 is 0 Å². The first-order chi connectivity index (χ1) is 11.2. The van der Waals surface area contributed by atoms with Crippen LogP contribution < -0.4 is 4.74 Å². The first-order valence-corrected chi connectivity index (χ1v) is 7.93. The molecule has 3 rings (SSSR count). The Kier molecular flexibility index (Phi) is 4.92. The van der Waals surface area contributed by atoms with Crippen molar-refractivity contribution >= 4 is 5.91 Å². The topological polar surface area (TPSA) is 61.5 Å². The van der Waals surface area contributed by atoms with Gasteiger partial charge in [0.15, 0.2) is 0 Å². The van der Waals surface area contributed by atoms with Gasteiger partial charge in [0.1, 0.15) is 12.4 Å². The summed E-state index contributed by atoms with van der Waals surface area (Å²) in [5.41, 5.74) is 2.09. The van der Waals surface area contributed by atoms with E-state index < -0.39 is 0 Å². The fraction of sp³-hybridized carbons (Fsp3) is 0.412. The molecule has 122 valence electrons. The van der Waals surface area contributed by atoms with Crippen LogP contribution in [0, 0.1) is 0 Å². The molecule has 1 fully saturated rings. The number of hydrogen-bond donors (Lipinski definition) is 1. The van der Waals surface area contributed by atoms with Gasteiger partial charge >= 0.3 is 0 Å². The van der Waals surface area contributed by atoms with Gasteiger partial charge in [-0.15, -0.1) is 0 Å². The molecule has 1 aromatic carbocycles. The number of piperazine rings is 1. The van der Waals surface area contributed by atoms with Crippen LogP contribution in [0.1, 0.15) is 6.92 Å². The molecule has 2 heterocycles. The molecule has 0 radical (unpaired) electrons. The highest BCUT2D eigenvalue weighted by molar-refractivity contribution is 5.73. The summed E-state index contributed by atoms with van der Waals surface area (Å²) in [5.74, 6) is 1.04. The number of amides is 1. The first kappa shape index (κ1) is 15.6. The summed E-state index contributed by atoms with van der Waals surface area (Å²) in [6, 6.07) is 9.94. The van der Waals surface area contributed by atoms with Crippen molar-refractivity contribution in [2.24, 2.45) is 0 Å². The molecule has 1 aliphatic rings. The van der Waals surface area contributed by atoms with Crippen LogP contribution in [-0.4, -0.2) is 65.2 Å². The van der Waals surface area contributed by atoms with E-state index in [1.54, 1.807) is 13.1 Å². The Hall–Kier alpha value is -2.34. The lowest BCUT2D eigenvalue weighted by Gasteiger charge is -2.34. The van der Waals surface area contributed by atoms with Crippen molar-refractivity contribution < 1.29 is 9.53 Å². The monoisotopic (exact) mass is 314 g/mol. The van der Waals surface area contributed by atoms with Crippen molar-refractivity contribution in [1.29, 1.82) is 0 Å². The van der Waals surface area contributed by atoms with Crippen molar-refractivity contribution in [3.05, 3.63) is 36.5 Å². The van der Waals surface area contributed by atoms with Gasteiger partial charge in [0.2, 0.25) is 5.91 Å². The van der Waals surface area contributed by atoms with Gasteiger partial charge in [-0.1, -0.05) is 0 Å². The number of hydrogen-bond acceptors (Lipinski definition) is 4. The van der Waals surface area contributed by atoms with E-state index in [0.717, 1.165) is 49.7 Å². The summed E-state index contributed by atoms with van der Waals surface area (Å²) in [5, 5.41) is 6.90. The van der Waals surface area contributed by atoms with Crippen molar-refractivity contribution in [3.63, 3.8) is 0 Å². The second-order valence-electron chi connectivity index (χ2n) is 5.69. The predicted octanol–water partition coefficient (Wildman–Crippen LogP) is 1.62. The molecule has 1 amide bonds. The largest absolute Gasteiger partial charge is 0.492 e. The van der Waals surface area contributed by atoms with Crippen molar-refractivity contribution in [3.8, 4) is 17.0 Å². The van der Waals surface area contributed by atoms with E-state index in [1.807, 2.05) is 35.2 Å². The Morgan fingerprint density at radius 3 is 2.52 bits per heavy atom. The summed E-state index contributed by atoms with van der Waals surface area (Å²) in [6.07, 6.45) is 1.74. The average molecular weight is 314 g/mol. The van der Waals surface area contributed by atoms with E-state index in [1.165, 1.54) is 0 Å². The Balaban J connectivity index is 1.42. The minimum atomic E-state index is 0.165. The molecular weight excluding hydrogens is 292 g/mol. The number of aromatic amines is 1. The fourth-order valence-corrected chi connectivity index (χ4v) is 2.73. The van der Waals surface area contributed by atoms with Crippen LogP contribution in [0.5, 0.6) is 5.75 Å². The van der Waals surface area contributed by atoms with Crippen LogP contribution in [0.3, 0.4) is 0 Å². The highest BCUT2D eigenvalue weighted by atomic mass is 16.5. The lowest BCUT2D eigenvalue weighted by molar-refractivity contribution is -0.130. The Bertz CT molecular complexity index is 617. The molecule has 1 saturated heterocycles. The maximum atomic E-state index is 11.3. The molecule has 6 heteroatoms. The minimum absolute atomic E-state index is 0.165. The highest BCUT2D eigenvalue weighted by Gasteiger charge is 2.17. The van der Waals surface area contributed by atoms with Crippen LogP contribution in [-0.2, 0) is 4.79 Å². The minimum Gasteiger partial charge on any atom is -0.492 e. The lowest BCUT2D eigenvalue weighted by Crippen LogP contribution is -2.48. The van der Waals surface area contributed by atoms with Gasteiger partial charge in [-0.2, -0.15) is 5.10 Å². The Morgan fingerprint density at radius 2 is 1.91 bits per heavy atom. The summed E-state index contributed by atoms with van der Waals surface area (Å²) in [7, 11) is 0. The third-order valence-corrected chi connectivity index (χ3v) is 4.16. The molecule has 1 aromatic heterocycles. The molecule has 2 aromatic rings.